The molecule has 27 nitrogen and oxygen atoms in total. The first-order chi connectivity index (χ1) is 43.1. The Morgan fingerprint density at radius 3 is 2.10 bits per heavy atom. The molecule has 10 amide bonds. The Kier molecular flexibility index (Phi) is 28.2. The number of carbonyl (C=O) groups is 11. The number of benzene rings is 1. The fourth-order valence-electron chi connectivity index (χ4n) is 12.9. The average molecular weight is 1300 g/mol. The van der Waals surface area contributed by atoms with Gasteiger partial charge in [0.15, 0.2) is 0 Å². The van der Waals surface area contributed by atoms with Gasteiger partial charge in [-0.15, -0.1) is 0 Å². The van der Waals surface area contributed by atoms with Crippen molar-refractivity contribution in [2.75, 3.05) is 50.9 Å². The molecular weight excluding hydrogens is 1210 g/mol. The van der Waals surface area contributed by atoms with E-state index in [0.29, 0.717) is 101 Å². The van der Waals surface area contributed by atoms with Crippen LogP contribution in [0.2, 0.25) is 0 Å². The molecule has 17 N–H and O–H groups in total. The average Bonchev–Trinajstić information content (AvgIpc) is 2.41. The van der Waals surface area contributed by atoms with E-state index < -0.39 is 145 Å². The van der Waals surface area contributed by atoms with Gasteiger partial charge in [0.2, 0.25) is 59.1 Å². The van der Waals surface area contributed by atoms with Crippen LogP contribution >= 0.6 is 23.5 Å². The van der Waals surface area contributed by atoms with E-state index >= 15 is 0 Å². The summed E-state index contributed by atoms with van der Waals surface area (Å²) in [5, 5.41) is 51.6. The van der Waals surface area contributed by atoms with Crippen LogP contribution < -0.4 is 70.0 Å². The highest BCUT2D eigenvalue weighted by molar-refractivity contribution is 7.98. The predicted molar refractivity (Wildman–Crippen MR) is 334 cm³/mol. The molecule has 6 aliphatic rings. The number of aliphatic hydroxyl groups is 1. The molecule has 0 spiro atoms. The van der Waals surface area contributed by atoms with Crippen molar-refractivity contribution in [2.45, 2.75) is 200 Å². The standard InChI is InChI=1S/C60H93FN14O13S2/c1-33-54(82)70-44(22-37-26-65-42-15-12-38(61)23-41(37)42)56(84)72-46(25-52(79)80)58(86)71-45(24-39-27-64-32-67-39)57(85)73-47(21-34-10-13-40(76)14-11-34)60(88)75-18-5-9-49(75)59(87)74-48(53(63)81)31-90-30-36-7-4-6-35(20-36)29-89-19-16-50(77)69-43(8-2-3-17-62)55(83)66-28-51(78)68-33/h4,6-7,20,33-34,37-49,64-65,67,76H,2-3,5,8-19,21-32,62H2,1H3,(H2,63,81)(H,66,83)(H,68,78)(H,69,77)(H,70,82)(H,71,86)(H,72,84)(H,73,85)(H,74,87)(H,79,80)/t33-,34?,37?,38?,39?,40?,41?,42?,43-,44-,45-,46-,47-,48-,49-/m0/s1. The molecule has 2 aliphatic carbocycles. The molecule has 500 valence electrons. The van der Waals surface area contributed by atoms with Crippen molar-refractivity contribution in [2.24, 2.45) is 29.2 Å². The molecule has 0 aromatic heterocycles. The second kappa shape index (κ2) is 35.6. The number of thioether (sulfide) groups is 2. The number of nitrogens with one attached hydrogen (secondary N) is 11. The molecule has 2 saturated carbocycles. The second-order valence-corrected chi connectivity index (χ2v) is 26.9. The minimum atomic E-state index is -1.85. The highest BCUT2D eigenvalue weighted by atomic mass is 32.2. The SMILES string of the molecule is C[C@@H]1NC(=O)CNC(=O)[C@H](CCCCN)NC(=O)CCSCc2cccc(c2)CSC[C@@H](C(N)=O)NC(=O)[C@@H]2CCCN2C(=O)[C@H](CC2CCC(O)CC2)NC(=O)[C@H](CC2CNCN2)NC(=O)[C@H](CC(=O)O)NC(=O)[C@H](CC2CNC3CCC(F)CC23)NC1=O. The number of hydrogen-bond donors (Lipinski definition) is 15. The Labute approximate surface area is 532 Å². The number of hydrogen-bond acceptors (Lipinski definition) is 18. The molecule has 4 heterocycles. The van der Waals surface area contributed by atoms with Crippen molar-refractivity contribution in [3.05, 3.63) is 35.4 Å². The number of alkyl halides is 1. The molecule has 13 atom stereocenters. The monoisotopic (exact) mass is 1300 g/mol. The summed E-state index contributed by atoms with van der Waals surface area (Å²) in [5.74, 6) is -8.34. The van der Waals surface area contributed by atoms with Crippen molar-refractivity contribution in [3.8, 4) is 0 Å². The molecule has 5 fully saturated rings. The highest BCUT2D eigenvalue weighted by Gasteiger charge is 2.45. The maximum Gasteiger partial charge on any atom is 0.305 e. The first kappa shape index (κ1) is 71.3. The Hall–Kier alpha value is -6.18. The number of carboxylic acid groups (broad SMARTS) is 1. The van der Waals surface area contributed by atoms with E-state index in [-0.39, 0.29) is 81.0 Å². The zero-order valence-corrected chi connectivity index (χ0v) is 52.9. The number of carboxylic acids is 1. The van der Waals surface area contributed by atoms with E-state index in [4.69, 9.17) is 11.5 Å². The summed E-state index contributed by atoms with van der Waals surface area (Å²) >= 11 is 2.87. The Morgan fingerprint density at radius 1 is 0.711 bits per heavy atom. The van der Waals surface area contributed by atoms with Crippen LogP contribution in [0.5, 0.6) is 0 Å². The number of unbranched alkanes of at least 4 members (excludes halogenated alkanes) is 1. The number of nitrogens with two attached hydrogens (primary N) is 2. The summed E-state index contributed by atoms with van der Waals surface area (Å²) in [6.45, 7) is 2.29. The molecule has 0 radical (unpaired) electrons. The van der Waals surface area contributed by atoms with Gasteiger partial charge in [0.25, 0.3) is 0 Å². The third-order valence-electron chi connectivity index (χ3n) is 17.9. The van der Waals surface area contributed by atoms with Crippen molar-refractivity contribution in [1.29, 1.82) is 0 Å². The van der Waals surface area contributed by atoms with Crippen LogP contribution in [-0.2, 0) is 64.2 Å². The van der Waals surface area contributed by atoms with Crippen LogP contribution in [0.1, 0.15) is 127 Å². The minimum absolute atomic E-state index is 0.0696. The lowest BCUT2D eigenvalue weighted by molar-refractivity contribution is -0.143. The van der Waals surface area contributed by atoms with Gasteiger partial charge in [-0.3, -0.25) is 52.7 Å². The van der Waals surface area contributed by atoms with Gasteiger partial charge in [-0.05, 0) is 145 Å². The van der Waals surface area contributed by atoms with Crippen molar-refractivity contribution in [3.63, 3.8) is 0 Å². The number of nitrogens with zero attached hydrogens (tertiary/aromatic N) is 1. The minimum Gasteiger partial charge on any atom is -0.481 e. The van der Waals surface area contributed by atoms with Gasteiger partial charge < -0.3 is 85.1 Å². The number of primary amides is 1. The van der Waals surface area contributed by atoms with Gasteiger partial charge in [-0.1, -0.05) is 24.3 Å². The summed E-state index contributed by atoms with van der Waals surface area (Å²) in [6, 6.07) is -3.29. The number of fused-ring (bicyclic) bond motifs is 4. The van der Waals surface area contributed by atoms with E-state index in [1.165, 1.54) is 35.3 Å². The lowest BCUT2D eigenvalue weighted by Gasteiger charge is -2.34. The third kappa shape index (κ3) is 22.0. The van der Waals surface area contributed by atoms with Gasteiger partial charge in [0.05, 0.1) is 19.1 Å². The Morgan fingerprint density at radius 2 is 1.40 bits per heavy atom. The molecule has 3 saturated heterocycles. The number of halogens is 1. The summed E-state index contributed by atoms with van der Waals surface area (Å²) in [7, 11) is 0. The molecule has 30 heteroatoms. The largest absolute Gasteiger partial charge is 0.481 e. The molecule has 4 aliphatic heterocycles. The van der Waals surface area contributed by atoms with E-state index in [1.54, 1.807) is 0 Å². The Bertz CT molecular complexity index is 2670. The first-order valence-corrected chi connectivity index (χ1v) is 34.1. The van der Waals surface area contributed by atoms with Gasteiger partial charge in [0.1, 0.15) is 54.5 Å². The van der Waals surface area contributed by atoms with Gasteiger partial charge in [-0.2, -0.15) is 23.5 Å². The number of rotatable bonds is 13. The molecule has 90 heavy (non-hydrogen) atoms. The van der Waals surface area contributed by atoms with E-state index in [9.17, 15) is 67.3 Å². The lowest BCUT2D eigenvalue weighted by Crippen LogP contribution is -2.61. The first-order valence-electron chi connectivity index (χ1n) is 31.8. The van der Waals surface area contributed by atoms with Crippen LogP contribution in [0.15, 0.2) is 24.3 Å². The number of aliphatic carboxylic acids is 1. The topological polar surface area (TPSA) is 416 Å². The third-order valence-corrected chi connectivity index (χ3v) is 20.0. The molecule has 1 aromatic carbocycles. The quantitative estimate of drug-likeness (QED) is 0.0963. The molecule has 5 unspecified atom stereocenters. The van der Waals surface area contributed by atoms with Crippen LogP contribution in [-0.4, -0.2) is 204 Å². The summed E-state index contributed by atoms with van der Waals surface area (Å²) in [6.07, 6.45) is 2.35. The van der Waals surface area contributed by atoms with Crippen molar-refractivity contribution >= 4 is 88.6 Å². The molecule has 2 bridgehead atoms. The van der Waals surface area contributed by atoms with E-state index in [1.807, 2.05) is 24.3 Å². The van der Waals surface area contributed by atoms with Crippen molar-refractivity contribution < 1.29 is 67.3 Å². The molecule has 1 aromatic rings. The summed E-state index contributed by atoms with van der Waals surface area (Å²) in [5.41, 5.74) is 13.5. The number of aliphatic hydroxyl groups excluding tert-OH is 1. The molecule has 7 rings (SSSR count). The van der Waals surface area contributed by atoms with Gasteiger partial charge in [0, 0.05) is 61.3 Å². The zero-order chi connectivity index (χ0) is 64.9. The number of carbonyl (C=O) groups excluding carboxylic acids is 10. The second-order valence-electron chi connectivity index (χ2n) is 24.8. The number of amides is 10. The van der Waals surface area contributed by atoms with Crippen LogP contribution in [0.3, 0.4) is 0 Å². The van der Waals surface area contributed by atoms with E-state index in [2.05, 4.69) is 58.5 Å². The van der Waals surface area contributed by atoms with E-state index in [0.717, 1.165) is 11.1 Å². The van der Waals surface area contributed by atoms with Crippen LogP contribution in [0.25, 0.3) is 0 Å². The smallest absolute Gasteiger partial charge is 0.305 e. The maximum atomic E-state index is 15.0. The fourth-order valence-corrected chi connectivity index (χ4v) is 14.8. The normalized spacial score (nSPS) is 32.5. The zero-order valence-electron chi connectivity index (χ0n) is 51.2. The lowest BCUT2D eigenvalue weighted by atomic mass is 9.77. The van der Waals surface area contributed by atoms with Crippen molar-refractivity contribution in [1.82, 2.24) is 63.4 Å². The summed E-state index contributed by atoms with van der Waals surface area (Å²) < 4.78 is 15.0. The highest BCUT2D eigenvalue weighted by Crippen LogP contribution is 2.38. The fraction of sp³-hybridized carbons (Fsp3) is 0.717. The van der Waals surface area contributed by atoms with Gasteiger partial charge in [-0.25, -0.2) is 4.39 Å². The van der Waals surface area contributed by atoms with Crippen LogP contribution in [0.4, 0.5) is 4.39 Å². The molecular formula is C60H93FN14O13S2. The van der Waals surface area contributed by atoms with Gasteiger partial charge >= 0.3 is 5.97 Å². The Balaban J connectivity index is 1.16. The predicted octanol–water partition coefficient (Wildman–Crippen LogP) is -1.87. The summed E-state index contributed by atoms with van der Waals surface area (Å²) in [4.78, 5) is 154. The maximum absolute atomic E-state index is 15.0. The van der Waals surface area contributed by atoms with Crippen LogP contribution in [0, 0.1) is 17.8 Å².